The highest BCUT2D eigenvalue weighted by Crippen LogP contribution is 2.38. The molecule has 1 atom stereocenters. The van der Waals surface area contributed by atoms with Gasteiger partial charge in [0.1, 0.15) is 27.6 Å². The van der Waals surface area contributed by atoms with Crippen LogP contribution in [0.25, 0.3) is 83.0 Å². The first-order chi connectivity index (χ1) is 62.0. The van der Waals surface area contributed by atoms with E-state index in [2.05, 4.69) is 150 Å². The van der Waals surface area contributed by atoms with Crippen molar-refractivity contribution in [2.24, 2.45) is 0 Å². The molecule has 33 nitrogen and oxygen atoms in total. The van der Waals surface area contributed by atoms with Crippen LogP contribution in [-0.4, -0.2) is 199 Å². The van der Waals surface area contributed by atoms with Gasteiger partial charge in [-0.1, -0.05) is 48.6 Å². The lowest BCUT2D eigenvalue weighted by molar-refractivity contribution is -0.122. The molecule has 5 aromatic carbocycles. The van der Waals surface area contributed by atoms with Crippen LogP contribution in [-0.2, 0) is 54.5 Å². The molecule has 33 heteroatoms. The highest BCUT2D eigenvalue weighted by Gasteiger charge is 2.32. The number of pyridine rings is 1. The van der Waals surface area contributed by atoms with Crippen LogP contribution in [0, 0.1) is 0 Å². The lowest BCUT2D eigenvalue weighted by atomic mass is 9.90. The van der Waals surface area contributed by atoms with Crippen molar-refractivity contribution in [2.45, 2.75) is 116 Å². The highest BCUT2D eigenvalue weighted by molar-refractivity contribution is 5.99. The van der Waals surface area contributed by atoms with Crippen LogP contribution in [0.15, 0.2) is 210 Å². The number of rotatable bonds is 15. The average molecular weight is 1710 g/mol. The topological polar surface area (TPSA) is 324 Å². The zero-order valence-electron chi connectivity index (χ0n) is 71.2. The molecular weight excluding hydrogens is 1610 g/mol. The lowest BCUT2D eigenvalue weighted by Crippen LogP contribution is -2.40. The molecule has 10 aromatic heterocycles. The van der Waals surface area contributed by atoms with E-state index >= 15 is 0 Å². The van der Waals surface area contributed by atoms with Crippen molar-refractivity contribution >= 4 is 124 Å². The number of hydrogen-bond acceptors (Lipinski definition) is 22. The molecule has 648 valence electrons. The van der Waals surface area contributed by atoms with Crippen LogP contribution in [0.1, 0.15) is 76.7 Å². The van der Waals surface area contributed by atoms with E-state index in [9.17, 15) is 29.1 Å². The quantitative estimate of drug-likeness (QED) is 0.0693. The van der Waals surface area contributed by atoms with E-state index in [0.717, 1.165) is 128 Å². The van der Waals surface area contributed by atoms with Gasteiger partial charge in [0.15, 0.2) is 30.2 Å². The number of likely N-dealkylation sites (N-methyl/N-ethyl adjacent to an activating group) is 1. The number of imidazole rings is 1. The SMILES string of the molecule is CN(C)CCn1ccc2cc(Nc3ncc4c(=O)n5n(c4n3)-c3cccc(c3)C(C)(O)CCCC=CC5)ccc21.O=C1COc2ccc3cc2N1CCCC=CCn1c(=O)c2cnc(Nc4ccc5c(c4)ncn5CCN4CCCC4)nc2n1-3.O=C1COc2ncc3cc2N1CCCC=CCn1c(=O)c2cnc(Nc4ccc5c(ccn5CCN5CCC5)c4)nc2n1-3. The first kappa shape index (κ1) is 81.2. The molecule has 7 aliphatic rings. The molecule has 17 heterocycles. The molecule has 0 saturated carbocycles. The summed E-state index contributed by atoms with van der Waals surface area (Å²) in [7, 11) is 4.15. The molecule has 7 aliphatic heterocycles. The van der Waals surface area contributed by atoms with Gasteiger partial charge < -0.3 is 68.7 Å². The van der Waals surface area contributed by atoms with Gasteiger partial charge in [-0.3, -0.25) is 24.0 Å². The molecule has 0 spiro atoms. The maximum atomic E-state index is 13.6. The molecule has 127 heavy (non-hydrogen) atoms. The van der Waals surface area contributed by atoms with Crippen molar-refractivity contribution in [1.82, 2.24) is 96.4 Å². The number of carbonyl (C=O) groups excluding carboxylic acids is 2. The molecule has 0 aliphatic carbocycles. The highest BCUT2D eigenvalue weighted by atomic mass is 16.5. The zero-order valence-corrected chi connectivity index (χ0v) is 71.2. The standard InChI is InChI=1S/C32H33N9O3.C31H31N9O3.C31H35N7O2/c42-29-20-44-28-10-8-23-18-27(28)39(29)13-3-1-2-4-14-40-31(43)24-19-33-32(36-30(24)41(23)40)35-22-7-9-26-25(17-22)34-21-38(26)16-15-37-11-5-6-12-37;41-27-20-43-29-26-17-23(18-32-29)40-28-24(30(42)39(40)12-4-2-1-3-11-38(26)27)19-33-31(35-28)34-22-6-7-25-21(16-22)8-13-37(25)15-14-36-9-5-10-36;1-31(40)14-6-4-5-7-15-37-29(39)26-21-32-30(34-28(26)38(37)25-10-8-9-23(31)20-25)33-24-11-12-27-22(19-24)13-16-36(27)18-17-35(2)3/h2,4,7-10,17-19,21H,1,3,5-6,11-16,20H2,(H,33,35,36);2,4,6-8,13,16-19H,1,3,5,9-12,14-15,20H2,(H,33,34,35);5,7-13,16,19-21,40H,4,6,14-15,17-18H2,1-3H3,(H,32,33,34). The summed E-state index contributed by atoms with van der Waals surface area (Å²) in [5, 5.41) is 24.7. The number of nitrogens with one attached hydrogen (secondary N) is 3. The zero-order chi connectivity index (χ0) is 86.4. The third-order valence-electron chi connectivity index (χ3n) is 24.9. The largest absolute Gasteiger partial charge is 0.482 e. The second-order valence-electron chi connectivity index (χ2n) is 33.8. The number of amides is 2. The van der Waals surface area contributed by atoms with Crippen LogP contribution in [0.2, 0.25) is 0 Å². The van der Waals surface area contributed by atoms with Gasteiger partial charge in [0, 0.05) is 122 Å². The van der Waals surface area contributed by atoms with E-state index in [1.165, 1.54) is 56.5 Å². The van der Waals surface area contributed by atoms with Gasteiger partial charge in [-0.25, -0.2) is 53.0 Å². The number of anilines is 8. The molecule has 2 fully saturated rings. The Morgan fingerprint density at radius 2 is 0.953 bits per heavy atom. The van der Waals surface area contributed by atoms with Crippen molar-refractivity contribution in [1.29, 1.82) is 0 Å². The van der Waals surface area contributed by atoms with Crippen molar-refractivity contribution in [2.75, 3.05) is 112 Å². The van der Waals surface area contributed by atoms with Crippen LogP contribution in [0.4, 0.5) is 46.3 Å². The van der Waals surface area contributed by atoms with E-state index in [1.807, 2.05) is 115 Å². The van der Waals surface area contributed by atoms with Gasteiger partial charge >= 0.3 is 0 Å². The minimum Gasteiger partial charge on any atom is -0.482 e. The summed E-state index contributed by atoms with van der Waals surface area (Å²) in [4.78, 5) is 114. The van der Waals surface area contributed by atoms with Crippen molar-refractivity contribution in [3.8, 4) is 28.7 Å². The summed E-state index contributed by atoms with van der Waals surface area (Å²) >= 11 is 0. The predicted molar refractivity (Wildman–Crippen MR) is 491 cm³/mol. The molecule has 0 radical (unpaired) electrons. The third-order valence-corrected chi connectivity index (χ3v) is 24.9. The fraction of sp³-hybridized carbons (Fsp3) is 0.330. The summed E-state index contributed by atoms with van der Waals surface area (Å²) in [6.45, 7) is 14.8. The molecule has 2 amide bonds. The Kier molecular flexibility index (Phi) is 22.2. The van der Waals surface area contributed by atoms with E-state index in [0.29, 0.717) is 124 Å². The Labute approximate surface area is 729 Å². The second kappa shape index (κ2) is 34.8. The first-order valence-corrected chi connectivity index (χ1v) is 43.8. The molecule has 4 N–H and O–H groups in total. The smallest absolute Gasteiger partial charge is 0.278 e. The van der Waals surface area contributed by atoms with Gasteiger partial charge in [-0.15, -0.1) is 0 Å². The normalized spacial score (nSPS) is 17.1. The number of ether oxygens (including phenoxy) is 2. The van der Waals surface area contributed by atoms with Crippen molar-refractivity contribution in [3.63, 3.8) is 0 Å². The maximum absolute atomic E-state index is 13.6. The number of fused-ring (bicyclic) bond motifs is 19. The van der Waals surface area contributed by atoms with Gasteiger partial charge in [0.25, 0.3) is 28.5 Å². The molecule has 15 aromatic rings. The van der Waals surface area contributed by atoms with Crippen LogP contribution < -0.4 is 51.9 Å². The fourth-order valence-electron chi connectivity index (χ4n) is 17.9. The Balaban J connectivity index is 0.000000120. The van der Waals surface area contributed by atoms with Crippen molar-refractivity contribution in [3.05, 3.63) is 232 Å². The predicted octanol–water partition coefficient (Wildman–Crippen LogP) is 12.1. The van der Waals surface area contributed by atoms with Gasteiger partial charge in [-0.2, -0.15) is 15.0 Å². The lowest BCUT2D eigenvalue weighted by Gasteiger charge is -2.30. The van der Waals surface area contributed by atoms with E-state index in [-0.39, 0.29) is 41.7 Å². The van der Waals surface area contributed by atoms with E-state index < -0.39 is 5.60 Å². The van der Waals surface area contributed by atoms with Crippen LogP contribution >= 0.6 is 0 Å². The second-order valence-corrected chi connectivity index (χ2v) is 33.8. The number of hydrogen-bond donors (Lipinski definition) is 4. The minimum absolute atomic E-state index is 0.0201. The summed E-state index contributed by atoms with van der Waals surface area (Å²) in [5.41, 5.74) is 11.0. The minimum atomic E-state index is -0.969. The molecule has 6 bridgehead atoms. The van der Waals surface area contributed by atoms with E-state index in [1.54, 1.807) is 58.0 Å². The fourth-order valence-corrected chi connectivity index (χ4v) is 17.9. The Bertz CT molecular complexity index is 7040. The Morgan fingerprint density at radius 1 is 0.449 bits per heavy atom. The van der Waals surface area contributed by atoms with Crippen LogP contribution in [0.5, 0.6) is 11.6 Å². The average Bonchev–Trinajstić information content (AvgIpc) is 1.65. The Morgan fingerprint density at radius 3 is 1.52 bits per heavy atom. The summed E-state index contributed by atoms with van der Waals surface area (Å²) in [6, 6.07) is 38.0. The molecular formula is C94H99N25O8. The summed E-state index contributed by atoms with van der Waals surface area (Å²) in [5.74, 6) is 2.01. The monoisotopic (exact) mass is 1710 g/mol. The number of allylic oxidation sites excluding steroid dienone is 6. The van der Waals surface area contributed by atoms with Crippen LogP contribution in [0.3, 0.4) is 0 Å². The maximum Gasteiger partial charge on any atom is 0.278 e. The van der Waals surface area contributed by atoms with Gasteiger partial charge in [0.2, 0.25) is 23.7 Å². The van der Waals surface area contributed by atoms with E-state index in [4.69, 9.17) is 24.4 Å². The molecule has 2 saturated heterocycles. The number of likely N-dealkylation sites (tertiary alicyclic amines) is 2. The Hall–Kier alpha value is -14.2. The number of carbonyl (C=O) groups is 2. The number of aliphatic hydroxyl groups is 1. The number of aromatic nitrogens is 17. The van der Waals surface area contributed by atoms with Crippen molar-refractivity contribution < 1.29 is 24.2 Å². The third kappa shape index (κ3) is 16.4. The summed E-state index contributed by atoms with van der Waals surface area (Å²) in [6.07, 6.45) is 34.1. The van der Waals surface area contributed by atoms with Gasteiger partial charge in [-0.05, 0) is 220 Å². The molecule has 22 rings (SSSR count). The molecule has 1 unspecified atom stereocenters. The number of benzene rings is 5. The number of nitrogens with zero attached hydrogens (tertiary/aromatic N) is 22. The summed E-state index contributed by atoms with van der Waals surface area (Å²) < 4.78 is 28.4. The first-order valence-electron chi connectivity index (χ1n) is 43.8. The van der Waals surface area contributed by atoms with Gasteiger partial charge in [0.05, 0.1) is 71.5 Å².